The molecule has 0 atom stereocenters. The quantitative estimate of drug-likeness (QED) is 0.546. The predicted molar refractivity (Wildman–Crippen MR) is 75.2 cm³/mol. The van der Waals surface area contributed by atoms with E-state index >= 15 is 0 Å². The van der Waals surface area contributed by atoms with E-state index < -0.39 is 5.97 Å². The van der Waals surface area contributed by atoms with E-state index in [9.17, 15) is 9.59 Å². The minimum Gasteiger partial charge on any atom is -0.464 e. The summed E-state index contributed by atoms with van der Waals surface area (Å²) in [6.07, 6.45) is 4.44. The van der Waals surface area contributed by atoms with Crippen molar-refractivity contribution < 1.29 is 14.3 Å². The Morgan fingerprint density at radius 2 is 2.24 bits per heavy atom. The van der Waals surface area contributed by atoms with Crippen LogP contribution in [0.2, 0.25) is 0 Å². The number of aromatic nitrogens is 4. The average molecular weight is 303 g/mol. The zero-order chi connectivity index (χ0) is 15.0. The Bertz CT molecular complexity index is 854. The van der Waals surface area contributed by atoms with Crippen molar-refractivity contribution >= 4 is 39.1 Å². The topological polar surface area (TPSA) is 124 Å². The van der Waals surface area contributed by atoms with Gasteiger partial charge in [0.05, 0.1) is 12.7 Å². The van der Waals surface area contributed by atoms with Gasteiger partial charge in [-0.05, 0) is 0 Å². The van der Waals surface area contributed by atoms with Crippen LogP contribution in [-0.4, -0.2) is 38.8 Å². The predicted octanol–water partition coefficient (Wildman–Crippen LogP) is 1.01. The van der Waals surface area contributed by atoms with E-state index in [4.69, 9.17) is 5.73 Å². The minimum absolute atomic E-state index is 0.0538. The van der Waals surface area contributed by atoms with E-state index in [0.29, 0.717) is 16.6 Å². The lowest BCUT2D eigenvalue weighted by atomic mass is 10.2. The average Bonchev–Trinajstić information content (AvgIpc) is 3.09. The molecule has 0 unspecified atom stereocenters. The molecule has 3 heterocycles. The molecule has 3 N–H and O–H groups in total. The maximum atomic E-state index is 12.5. The fourth-order valence-electron chi connectivity index (χ4n) is 1.84. The number of carbonyl (C=O) groups is 2. The number of esters is 1. The lowest BCUT2D eigenvalue weighted by Gasteiger charge is -1.94. The number of ether oxygens (including phenoxy) is 1. The van der Waals surface area contributed by atoms with Crippen LogP contribution in [-0.2, 0) is 4.74 Å². The van der Waals surface area contributed by atoms with Gasteiger partial charge >= 0.3 is 5.97 Å². The van der Waals surface area contributed by atoms with Crippen LogP contribution >= 0.6 is 11.3 Å². The Morgan fingerprint density at radius 1 is 1.43 bits per heavy atom. The maximum Gasteiger partial charge on any atom is 0.359 e. The Hall–Kier alpha value is -2.81. The standard InChI is InChI=1S/C12H9N5O3S/c1-20-12(19)7-9(13)21-11(17-7)8(18)5-3-15-10-6(5)2-14-4-16-10/h2-4H,13H2,1H3,(H,14,15,16). The van der Waals surface area contributed by atoms with Crippen molar-refractivity contribution in [3.8, 4) is 0 Å². The molecule has 0 saturated carbocycles. The number of nitrogens with zero attached hydrogens (tertiary/aromatic N) is 3. The fourth-order valence-corrected chi connectivity index (χ4v) is 2.61. The summed E-state index contributed by atoms with van der Waals surface area (Å²) in [5.41, 5.74) is 6.56. The van der Waals surface area contributed by atoms with Crippen molar-refractivity contribution in [2.24, 2.45) is 0 Å². The number of nitrogens with one attached hydrogen (secondary N) is 1. The minimum atomic E-state index is -0.676. The molecule has 0 spiro atoms. The Morgan fingerprint density at radius 3 is 3.00 bits per heavy atom. The highest BCUT2D eigenvalue weighted by Gasteiger charge is 2.23. The fraction of sp³-hybridized carbons (Fsp3) is 0.0833. The molecule has 0 amide bonds. The van der Waals surface area contributed by atoms with Crippen LogP contribution in [0.4, 0.5) is 5.00 Å². The van der Waals surface area contributed by atoms with Gasteiger partial charge in [0.15, 0.2) is 10.7 Å². The lowest BCUT2D eigenvalue weighted by Crippen LogP contribution is -2.06. The number of nitrogens with two attached hydrogens (primary N) is 1. The van der Waals surface area contributed by atoms with Gasteiger partial charge in [0, 0.05) is 17.8 Å². The summed E-state index contributed by atoms with van der Waals surface area (Å²) in [7, 11) is 1.22. The number of ketones is 1. The molecule has 9 heteroatoms. The van der Waals surface area contributed by atoms with Crippen LogP contribution in [0.25, 0.3) is 11.0 Å². The van der Waals surface area contributed by atoms with Crippen molar-refractivity contribution in [3.63, 3.8) is 0 Å². The molecule has 21 heavy (non-hydrogen) atoms. The Labute approximate surface area is 122 Å². The molecular weight excluding hydrogens is 294 g/mol. The number of hydrogen-bond acceptors (Lipinski definition) is 8. The van der Waals surface area contributed by atoms with E-state index in [1.807, 2.05) is 0 Å². The highest BCUT2D eigenvalue weighted by molar-refractivity contribution is 7.17. The number of methoxy groups -OCH3 is 1. The van der Waals surface area contributed by atoms with Crippen LogP contribution < -0.4 is 5.73 Å². The molecule has 0 saturated heterocycles. The first-order chi connectivity index (χ1) is 10.1. The molecule has 0 aliphatic heterocycles. The normalized spacial score (nSPS) is 10.7. The SMILES string of the molecule is COC(=O)c1nc(C(=O)c2c[nH]c3ncncc23)sc1N. The largest absolute Gasteiger partial charge is 0.464 e. The van der Waals surface area contributed by atoms with Crippen LogP contribution in [0, 0.1) is 0 Å². The summed E-state index contributed by atoms with van der Waals surface area (Å²) in [5, 5.41) is 0.829. The number of anilines is 1. The molecule has 8 nitrogen and oxygen atoms in total. The summed E-state index contributed by atoms with van der Waals surface area (Å²) >= 11 is 0.935. The van der Waals surface area contributed by atoms with Gasteiger partial charge in [-0.25, -0.2) is 19.7 Å². The number of H-pyrrole nitrogens is 1. The van der Waals surface area contributed by atoms with E-state index in [0.717, 1.165) is 11.3 Å². The van der Waals surface area contributed by atoms with Crippen LogP contribution in [0.15, 0.2) is 18.7 Å². The summed E-state index contributed by atoms with van der Waals surface area (Å²) in [6.45, 7) is 0. The Kier molecular flexibility index (Phi) is 3.10. The van der Waals surface area contributed by atoms with Gasteiger partial charge in [-0.15, -0.1) is 0 Å². The van der Waals surface area contributed by atoms with Gasteiger partial charge in [0.2, 0.25) is 5.78 Å². The molecule has 3 aromatic rings. The summed E-state index contributed by atoms with van der Waals surface area (Å²) in [5.74, 6) is -1.03. The monoisotopic (exact) mass is 303 g/mol. The molecule has 0 fully saturated rings. The molecule has 106 valence electrons. The molecular formula is C12H9N5O3S. The third-order valence-electron chi connectivity index (χ3n) is 2.83. The van der Waals surface area contributed by atoms with Crippen molar-refractivity contribution in [1.82, 2.24) is 19.9 Å². The molecule has 0 aliphatic rings. The van der Waals surface area contributed by atoms with Gasteiger partial charge in [0.25, 0.3) is 0 Å². The summed E-state index contributed by atoms with van der Waals surface area (Å²) in [6, 6.07) is 0. The van der Waals surface area contributed by atoms with E-state index in [-0.39, 0.29) is 21.5 Å². The van der Waals surface area contributed by atoms with Gasteiger partial charge in [-0.2, -0.15) is 0 Å². The highest BCUT2D eigenvalue weighted by atomic mass is 32.1. The van der Waals surface area contributed by atoms with E-state index in [1.54, 1.807) is 0 Å². The molecule has 0 aliphatic carbocycles. The molecule has 3 rings (SSSR count). The summed E-state index contributed by atoms with van der Waals surface area (Å²) < 4.78 is 4.56. The van der Waals surface area contributed by atoms with Crippen LogP contribution in [0.5, 0.6) is 0 Å². The molecule has 3 aromatic heterocycles. The van der Waals surface area contributed by atoms with Gasteiger partial charge in [-0.1, -0.05) is 11.3 Å². The first-order valence-electron chi connectivity index (χ1n) is 5.78. The van der Waals surface area contributed by atoms with Crippen molar-refractivity contribution in [2.75, 3.05) is 12.8 Å². The number of carbonyl (C=O) groups excluding carboxylic acids is 2. The second-order valence-electron chi connectivity index (χ2n) is 4.04. The van der Waals surface area contributed by atoms with Crippen LogP contribution in [0.1, 0.15) is 25.9 Å². The Balaban J connectivity index is 2.05. The van der Waals surface area contributed by atoms with Gasteiger partial charge < -0.3 is 15.5 Å². The second-order valence-corrected chi connectivity index (χ2v) is 5.07. The zero-order valence-corrected chi connectivity index (χ0v) is 11.6. The summed E-state index contributed by atoms with van der Waals surface area (Å²) in [4.78, 5) is 38.7. The van der Waals surface area contributed by atoms with E-state index in [2.05, 4.69) is 24.7 Å². The smallest absolute Gasteiger partial charge is 0.359 e. The van der Waals surface area contributed by atoms with Crippen molar-refractivity contribution in [3.05, 3.63) is 35.0 Å². The van der Waals surface area contributed by atoms with Gasteiger partial charge in [0.1, 0.15) is 17.0 Å². The third-order valence-corrected chi connectivity index (χ3v) is 3.71. The number of nitrogen functional groups attached to an aromatic ring is 1. The number of rotatable bonds is 3. The van der Waals surface area contributed by atoms with Crippen molar-refractivity contribution in [1.29, 1.82) is 0 Å². The lowest BCUT2D eigenvalue weighted by molar-refractivity contribution is 0.0596. The zero-order valence-electron chi connectivity index (χ0n) is 10.8. The number of thiazole rings is 1. The molecule has 0 aromatic carbocycles. The van der Waals surface area contributed by atoms with Crippen molar-refractivity contribution in [2.45, 2.75) is 0 Å². The first kappa shape index (κ1) is 13.2. The number of hydrogen-bond donors (Lipinski definition) is 2. The van der Waals surface area contributed by atoms with Gasteiger partial charge in [-0.3, -0.25) is 4.79 Å². The third kappa shape index (κ3) is 2.13. The first-order valence-corrected chi connectivity index (χ1v) is 6.60. The molecule has 0 bridgehead atoms. The highest BCUT2D eigenvalue weighted by Crippen LogP contribution is 2.26. The number of fused-ring (bicyclic) bond motifs is 1. The second kappa shape index (κ2) is 4.94. The van der Waals surface area contributed by atoms with E-state index in [1.165, 1.54) is 25.8 Å². The molecule has 0 radical (unpaired) electrons. The van der Waals surface area contributed by atoms with Crippen LogP contribution in [0.3, 0.4) is 0 Å². The maximum absolute atomic E-state index is 12.5. The number of aromatic amines is 1.